The Kier molecular flexibility index (Phi) is 9.62. The van der Waals surface area contributed by atoms with Gasteiger partial charge in [0.25, 0.3) is 0 Å². The van der Waals surface area contributed by atoms with Crippen LogP contribution in [0.3, 0.4) is 0 Å². The number of quaternary nitrogens is 1. The molecule has 238 valence electrons. The van der Waals surface area contributed by atoms with Gasteiger partial charge in [0.2, 0.25) is 0 Å². The van der Waals surface area contributed by atoms with Crippen molar-refractivity contribution in [2.75, 3.05) is 6.54 Å². The van der Waals surface area contributed by atoms with Crippen LogP contribution in [0.2, 0.25) is 0 Å². The molecule has 2 atom stereocenters. The minimum atomic E-state index is -6.72. The number of hydrogen-bond acceptors (Lipinski definition) is 5. The summed E-state index contributed by atoms with van der Waals surface area (Å²) in [6.45, 7) is 5.74. The molecule has 5 rings (SSSR count). The van der Waals surface area contributed by atoms with Crippen molar-refractivity contribution >= 4 is 32.6 Å². The topological polar surface area (TPSA) is 96.1 Å². The molecular formula is C28H29BF6N2O5S2. The van der Waals surface area contributed by atoms with E-state index in [9.17, 15) is 43.2 Å². The van der Waals surface area contributed by atoms with Crippen molar-refractivity contribution in [3.05, 3.63) is 106 Å². The fourth-order valence-corrected chi connectivity index (χ4v) is 7.53. The van der Waals surface area contributed by atoms with Gasteiger partial charge in [-0.2, -0.15) is 26.3 Å². The zero-order valence-electron chi connectivity index (χ0n) is 23.5. The Bertz CT molecular complexity index is 1570. The molecule has 0 spiro atoms. The van der Waals surface area contributed by atoms with E-state index < -0.39 is 36.7 Å². The van der Waals surface area contributed by atoms with Crippen molar-refractivity contribution in [2.45, 2.75) is 55.3 Å². The van der Waals surface area contributed by atoms with Gasteiger partial charge in [0.05, 0.1) is 6.54 Å². The maximum atomic E-state index is 11.4. The fraction of sp³-hybridized carbons (Fsp3) is 0.357. The third kappa shape index (κ3) is 6.54. The summed E-state index contributed by atoms with van der Waals surface area (Å²) in [7, 11) is -13.4. The van der Waals surface area contributed by atoms with Crippen LogP contribution in [0.1, 0.15) is 49.3 Å². The van der Waals surface area contributed by atoms with E-state index in [4.69, 9.17) is 4.65 Å². The lowest BCUT2D eigenvalue weighted by molar-refractivity contribution is -0.799. The quantitative estimate of drug-likeness (QED) is 0.308. The smallest absolute Gasteiger partial charge is 0.421 e. The van der Waals surface area contributed by atoms with E-state index >= 15 is 0 Å². The Labute approximate surface area is 252 Å². The maximum absolute atomic E-state index is 11.4. The lowest BCUT2D eigenvalue weighted by atomic mass is 9.68. The van der Waals surface area contributed by atoms with Crippen LogP contribution in [0.5, 0.6) is 0 Å². The SMILES string of the molecule is CC(C)c1ccccc1B1OC(c2ccccc2)(c2ccccc2)[C@@H]2CCC[NH+]12.O=S(=O)([N-]S(=O)(=O)C(F)(F)F)C(F)(F)F. The van der Waals surface area contributed by atoms with Gasteiger partial charge in [0, 0.05) is 18.3 Å². The largest absolute Gasteiger partial charge is 0.611 e. The van der Waals surface area contributed by atoms with E-state index in [0.29, 0.717) is 12.0 Å². The molecule has 0 aromatic heterocycles. The van der Waals surface area contributed by atoms with Crippen molar-refractivity contribution in [3.63, 3.8) is 0 Å². The highest BCUT2D eigenvalue weighted by Gasteiger charge is 2.64. The second-order valence-corrected chi connectivity index (χ2v) is 14.1. The summed E-state index contributed by atoms with van der Waals surface area (Å²) in [5, 5.41) is 0. The molecule has 0 radical (unpaired) electrons. The highest BCUT2D eigenvalue weighted by atomic mass is 32.3. The van der Waals surface area contributed by atoms with Gasteiger partial charge in [-0.25, -0.2) is 16.8 Å². The summed E-state index contributed by atoms with van der Waals surface area (Å²) >= 11 is 0. The number of nitrogens with zero attached hydrogens (tertiary/aromatic N) is 1. The summed E-state index contributed by atoms with van der Waals surface area (Å²) in [5.41, 5.74) is -7.48. The van der Waals surface area contributed by atoms with Crippen molar-refractivity contribution in [1.82, 2.24) is 0 Å². The lowest BCUT2D eigenvalue weighted by Gasteiger charge is -2.33. The minimum absolute atomic E-state index is 0.0708. The molecule has 3 aromatic carbocycles. The number of alkyl halides is 6. The Morgan fingerprint density at radius 1 is 0.795 bits per heavy atom. The van der Waals surface area contributed by atoms with Crippen LogP contribution < -0.4 is 10.3 Å². The van der Waals surface area contributed by atoms with Crippen LogP contribution in [0.25, 0.3) is 4.13 Å². The van der Waals surface area contributed by atoms with E-state index in [2.05, 4.69) is 98.8 Å². The molecule has 3 aromatic rings. The van der Waals surface area contributed by atoms with Gasteiger partial charge in [-0.05, 0) is 22.6 Å². The summed E-state index contributed by atoms with van der Waals surface area (Å²) in [5.74, 6) is 0.485. The van der Waals surface area contributed by atoms with Crippen LogP contribution in [-0.2, 0) is 30.3 Å². The number of benzene rings is 3. The molecular weight excluding hydrogens is 633 g/mol. The first-order valence-corrected chi connectivity index (χ1v) is 16.4. The molecule has 1 N–H and O–H groups in total. The van der Waals surface area contributed by atoms with Crippen molar-refractivity contribution < 1.29 is 52.6 Å². The van der Waals surface area contributed by atoms with Crippen LogP contribution in [-0.4, -0.2) is 47.5 Å². The van der Waals surface area contributed by atoms with E-state index in [1.807, 2.05) is 0 Å². The molecule has 2 saturated heterocycles. The molecule has 0 amide bonds. The molecule has 16 heteroatoms. The van der Waals surface area contributed by atoms with E-state index in [0.717, 1.165) is 4.13 Å². The second kappa shape index (κ2) is 12.5. The molecule has 7 nitrogen and oxygen atoms in total. The highest BCUT2D eigenvalue weighted by molar-refractivity contribution is 8.13. The van der Waals surface area contributed by atoms with Crippen LogP contribution in [0, 0.1) is 0 Å². The van der Waals surface area contributed by atoms with Crippen LogP contribution in [0.15, 0.2) is 84.9 Å². The number of rotatable bonds is 6. The fourth-order valence-electron chi connectivity index (χ4n) is 5.82. The third-order valence-electron chi connectivity index (χ3n) is 7.62. The Hall–Kier alpha value is -2.92. The Balaban J connectivity index is 0.000000252. The summed E-state index contributed by atoms with van der Waals surface area (Å²) in [4.78, 5) is 1.59. The van der Waals surface area contributed by atoms with Gasteiger partial charge in [-0.15, -0.1) is 0 Å². The highest BCUT2D eigenvalue weighted by Crippen LogP contribution is 2.42. The molecule has 2 aliphatic rings. The monoisotopic (exact) mass is 662 g/mol. The lowest BCUT2D eigenvalue weighted by Crippen LogP contribution is -3.19. The molecule has 2 heterocycles. The zero-order chi connectivity index (χ0) is 32.6. The molecule has 0 aliphatic carbocycles. The number of hydrogen-bond donors (Lipinski definition) is 1. The first kappa shape index (κ1) is 34.0. The molecule has 2 fully saturated rings. The number of sulfonamides is 2. The number of halogens is 6. The van der Waals surface area contributed by atoms with Crippen molar-refractivity contribution in [1.29, 1.82) is 0 Å². The van der Waals surface area contributed by atoms with E-state index in [1.165, 1.54) is 41.5 Å². The number of nitrogens with one attached hydrogen (secondary N) is 1. The van der Waals surface area contributed by atoms with Gasteiger partial charge in [-0.1, -0.05) is 98.8 Å². The molecule has 44 heavy (non-hydrogen) atoms. The van der Waals surface area contributed by atoms with E-state index in [1.54, 1.807) is 4.81 Å². The molecule has 0 saturated carbocycles. The zero-order valence-corrected chi connectivity index (χ0v) is 25.1. The summed E-state index contributed by atoms with van der Waals surface area (Å²) in [6.07, 6.45) is 2.45. The van der Waals surface area contributed by atoms with Gasteiger partial charge >= 0.3 is 18.1 Å². The Morgan fingerprint density at radius 3 is 1.70 bits per heavy atom. The van der Waals surface area contributed by atoms with Gasteiger partial charge < -0.3 is 13.6 Å². The minimum Gasteiger partial charge on any atom is -0.421 e. The average Bonchev–Trinajstić information content (AvgIpc) is 3.55. The van der Waals surface area contributed by atoms with Gasteiger partial charge in [0.1, 0.15) is 6.04 Å². The van der Waals surface area contributed by atoms with Gasteiger partial charge in [-0.3, -0.25) is 0 Å². The third-order valence-corrected chi connectivity index (χ3v) is 10.4. The number of fused-ring (bicyclic) bond motifs is 1. The predicted molar refractivity (Wildman–Crippen MR) is 153 cm³/mol. The van der Waals surface area contributed by atoms with E-state index in [-0.39, 0.29) is 7.05 Å². The average molecular weight is 662 g/mol. The maximum Gasteiger partial charge on any atom is 0.611 e. The molecule has 0 bridgehead atoms. The second-order valence-electron chi connectivity index (χ2n) is 10.7. The first-order valence-electron chi connectivity index (χ1n) is 13.5. The van der Waals surface area contributed by atoms with Crippen LogP contribution >= 0.6 is 0 Å². The van der Waals surface area contributed by atoms with Crippen LogP contribution in [0.4, 0.5) is 26.3 Å². The first-order chi connectivity index (χ1) is 20.4. The summed E-state index contributed by atoms with van der Waals surface area (Å²) in [6, 6.07) is 31.1. The summed E-state index contributed by atoms with van der Waals surface area (Å²) < 4.78 is 116. The van der Waals surface area contributed by atoms with Crippen molar-refractivity contribution in [2.24, 2.45) is 0 Å². The Morgan fingerprint density at radius 2 is 1.25 bits per heavy atom. The van der Waals surface area contributed by atoms with Gasteiger partial charge in [0.15, 0.2) is 25.6 Å². The van der Waals surface area contributed by atoms with Crippen molar-refractivity contribution in [3.8, 4) is 0 Å². The standard InChI is InChI=1S/C26H28BNO.C2F6NO4S2/c1-20(2)23-16-9-10-17-24(23)27-28-19-11-18-25(28)26(29-27,21-12-5-3-6-13-21)22-14-7-4-8-15-22;3-1(4,5)14(10,11)9-15(12,13)2(6,7)8/h3-10,12-17,20,25H,11,18-19H2,1-2H3;/q;-1/p+1/t25-;/m0./s1. The predicted octanol–water partition coefficient (Wildman–Crippen LogP) is 4.59. The molecule has 1 unspecified atom stereocenters. The molecule has 2 aliphatic heterocycles. The normalized spacial score (nSPS) is 20.2.